The Kier molecular flexibility index (Phi) is 5.60. The van der Waals surface area contributed by atoms with E-state index < -0.39 is 0 Å². The highest BCUT2D eigenvalue weighted by molar-refractivity contribution is 7.99. The lowest BCUT2D eigenvalue weighted by atomic mass is 10.1. The molecule has 5 heteroatoms. The molecule has 0 aromatic heterocycles. The molecular weight excluding hydrogens is 328 g/mol. The molecule has 2 aromatic rings. The minimum atomic E-state index is 0.0654. The van der Waals surface area contributed by atoms with Crippen molar-refractivity contribution in [2.45, 2.75) is 25.4 Å². The Morgan fingerprint density at radius 3 is 2.87 bits per heavy atom. The van der Waals surface area contributed by atoms with E-state index in [1.165, 1.54) is 11.1 Å². The molecule has 0 atom stereocenters. The number of fused-ring (bicyclic) bond motifs is 1. The van der Waals surface area contributed by atoms with Crippen LogP contribution in [0, 0.1) is 0 Å². The van der Waals surface area contributed by atoms with Gasteiger partial charge in [-0.2, -0.15) is 0 Å². The van der Waals surface area contributed by atoms with Crippen LogP contribution in [0.1, 0.15) is 22.3 Å². The molecule has 2 aromatic carbocycles. The number of amides is 1. The number of hydrogen-bond acceptors (Lipinski definition) is 3. The van der Waals surface area contributed by atoms with E-state index in [2.05, 4.69) is 28.8 Å². The van der Waals surface area contributed by atoms with Gasteiger partial charge in [-0.15, -0.1) is 11.8 Å². The van der Waals surface area contributed by atoms with Crippen molar-refractivity contribution in [1.82, 2.24) is 10.6 Å². The van der Waals surface area contributed by atoms with E-state index in [0.29, 0.717) is 12.3 Å². The van der Waals surface area contributed by atoms with Crippen molar-refractivity contribution >= 4 is 29.3 Å². The Labute approximate surface area is 145 Å². The Balaban J connectivity index is 1.41. The fourth-order valence-corrected chi connectivity index (χ4v) is 3.62. The Morgan fingerprint density at radius 1 is 1.13 bits per heavy atom. The Morgan fingerprint density at radius 2 is 2.00 bits per heavy atom. The first kappa shape index (κ1) is 16.4. The molecule has 0 unspecified atom stereocenters. The van der Waals surface area contributed by atoms with Crippen LogP contribution in [0.5, 0.6) is 0 Å². The summed E-state index contributed by atoms with van der Waals surface area (Å²) in [4.78, 5) is 11.9. The van der Waals surface area contributed by atoms with Crippen LogP contribution in [-0.2, 0) is 30.2 Å². The van der Waals surface area contributed by atoms with Crippen LogP contribution in [0.3, 0.4) is 0 Å². The summed E-state index contributed by atoms with van der Waals surface area (Å²) in [5, 5.41) is 7.04. The van der Waals surface area contributed by atoms with E-state index >= 15 is 0 Å². The van der Waals surface area contributed by atoms with Crippen LogP contribution in [0.2, 0.25) is 5.02 Å². The summed E-state index contributed by atoms with van der Waals surface area (Å²) in [6, 6.07) is 14.2. The van der Waals surface area contributed by atoms with Crippen molar-refractivity contribution in [1.29, 1.82) is 0 Å². The molecule has 0 aliphatic carbocycles. The Bertz CT molecular complexity index is 705. The van der Waals surface area contributed by atoms with Crippen LogP contribution in [0.15, 0.2) is 42.5 Å². The summed E-state index contributed by atoms with van der Waals surface area (Å²) in [5.74, 6) is 1.31. The summed E-state index contributed by atoms with van der Waals surface area (Å²) >= 11 is 7.55. The number of nitrogens with one attached hydrogen (secondary N) is 2. The van der Waals surface area contributed by atoms with Gasteiger partial charge in [-0.25, -0.2) is 0 Å². The third-order valence-electron chi connectivity index (χ3n) is 3.78. The van der Waals surface area contributed by atoms with Gasteiger partial charge in [0.15, 0.2) is 0 Å². The van der Waals surface area contributed by atoms with Gasteiger partial charge in [-0.3, -0.25) is 4.79 Å². The molecule has 1 heterocycles. The fourth-order valence-electron chi connectivity index (χ4n) is 2.60. The first-order valence-electron chi connectivity index (χ1n) is 7.61. The maximum absolute atomic E-state index is 11.9. The molecule has 0 saturated carbocycles. The number of benzene rings is 2. The van der Waals surface area contributed by atoms with Gasteiger partial charge < -0.3 is 10.6 Å². The van der Waals surface area contributed by atoms with Crippen molar-refractivity contribution < 1.29 is 4.79 Å². The topological polar surface area (TPSA) is 41.1 Å². The molecule has 120 valence electrons. The van der Waals surface area contributed by atoms with Crippen LogP contribution < -0.4 is 10.6 Å². The van der Waals surface area contributed by atoms with E-state index in [0.717, 1.165) is 35.0 Å². The second-order valence-corrected chi connectivity index (χ2v) is 7.03. The largest absolute Gasteiger partial charge is 0.351 e. The predicted octanol–water partition coefficient (Wildman–Crippen LogP) is 3.49. The minimum Gasteiger partial charge on any atom is -0.351 e. The lowest BCUT2D eigenvalue weighted by Gasteiger charge is -2.07. The normalized spacial score (nSPS) is 12.9. The number of hydrogen-bond donors (Lipinski definition) is 2. The van der Waals surface area contributed by atoms with Gasteiger partial charge in [0, 0.05) is 30.4 Å². The number of carbonyl (C=O) groups excluding carboxylic acids is 1. The summed E-state index contributed by atoms with van der Waals surface area (Å²) in [5.41, 5.74) is 4.99. The molecule has 3 nitrogen and oxygen atoms in total. The molecular formula is C18H19ClN2OS. The first-order chi connectivity index (χ1) is 11.2. The fraction of sp³-hybridized carbons (Fsp3) is 0.278. The molecule has 2 N–H and O–H groups in total. The summed E-state index contributed by atoms with van der Waals surface area (Å²) in [6.45, 7) is 2.46. The van der Waals surface area contributed by atoms with Crippen molar-refractivity contribution in [3.63, 3.8) is 0 Å². The highest BCUT2D eigenvalue weighted by Gasteiger charge is 2.10. The van der Waals surface area contributed by atoms with Gasteiger partial charge in [-0.1, -0.05) is 41.9 Å². The standard InChI is InChI=1S/C18H19ClN2OS/c19-17-3-1-2-14(7-17)11-23-12-18(22)21-8-13-4-5-15-9-20-10-16(15)6-13/h1-7,20H,8-12H2,(H,21,22). The van der Waals surface area contributed by atoms with Gasteiger partial charge in [0.25, 0.3) is 0 Å². The van der Waals surface area contributed by atoms with E-state index in [1.807, 2.05) is 24.3 Å². The highest BCUT2D eigenvalue weighted by atomic mass is 35.5. The van der Waals surface area contributed by atoms with Gasteiger partial charge in [-0.05, 0) is 34.4 Å². The molecule has 0 saturated heterocycles. The number of halogens is 1. The smallest absolute Gasteiger partial charge is 0.230 e. The van der Waals surface area contributed by atoms with Gasteiger partial charge in [0.1, 0.15) is 0 Å². The van der Waals surface area contributed by atoms with Crippen LogP contribution >= 0.6 is 23.4 Å². The molecule has 23 heavy (non-hydrogen) atoms. The summed E-state index contributed by atoms with van der Waals surface area (Å²) in [7, 11) is 0. The quantitative estimate of drug-likeness (QED) is 0.841. The van der Waals surface area contributed by atoms with Gasteiger partial charge >= 0.3 is 0 Å². The lowest BCUT2D eigenvalue weighted by molar-refractivity contribution is -0.118. The number of thioether (sulfide) groups is 1. The predicted molar refractivity (Wildman–Crippen MR) is 96.4 cm³/mol. The second kappa shape index (κ2) is 7.86. The number of carbonyl (C=O) groups is 1. The average Bonchev–Trinajstić information content (AvgIpc) is 3.00. The van der Waals surface area contributed by atoms with Crippen molar-refractivity contribution in [2.75, 3.05) is 5.75 Å². The molecule has 1 aliphatic heterocycles. The Hall–Kier alpha value is -1.49. The minimum absolute atomic E-state index is 0.0654. The van der Waals surface area contributed by atoms with E-state index in [1.54, 1.807) is 11.8 Å². The molecule has 0 bridgehead atoms. The third-order valence-corrected chi connectivity index (χ3v) is 5.02. The molecule has 1 amide bonds. The third kappa shape index (κ3) is 4.74. The first-order valence-corrected chi connectivity index (χ1v) is 9.14. The zero-order valence-corrected chi connectivity index (χ0v) is 14.3. The molecule has 0 radical (unpaired) electrons. The van der Waals surface area contributed by atoms with Gasteiger partial charge in [0.05, 0.1) is 5.75 Å². The van der Waals surface area contributed by atoms with Crippen molar-refractivity contribution in [3.05, 3.63) is 69.7 Å². The maximum Gasteiger partial charge on any atom is 0.230 e. The summed E-state index contributed by atoms with van der Waals surface area (Å²) < 4.78 is 0. The molecule has 0 fully saturated rings. The van der Waals surface area contributed by atoms with Gasteiger partial charge in [0.2, 0.25) is 5.91 Å². The molecule has 1 aliphatic rings. The maximum atomic E-state index is 11.9. The lowest BCUT2D eigenvalue weighted by Crippen LogP contribution is -2.24. The summed E-state index contributed by atoms with van der Waals surface area (Å²) in [6.07, 6.45) is 0. The zero-order valence-electron chi connectivity index (χ0n) is 12.8. The van der Waals surface area contributed by atoms with Crippen LogP contribution in [0.4, 0.5) is 0 Å². The monoisotopic (exact) mass is 346 g/mol. The van der Waals surface area contributed by atoms with E-state index in [-0.39, 0.29) is 5.91 Å². The molecule has 0 spiro atoms. The zero-order chi connectivity index (χ0) is 16.1. The number of rotatable bonds is 6. The average molecular weight is 347 g/mol. The SMILES string of the molecule is O=C(CSCc1cccc(Cl)c1)NCc1ccc2c(c1)CNC2. The highest BCUT2D eigenvalue weighted by Crippen LogP contribution is 2.18. The van der Waals surface area contributed by atoms with E-state index in [4.69, 9.17) is 11.6 Å². The van der Waals surface area contributed by atoms with Crippen LogP contribution in [0.25, 0.3) is 0 Å². The molecule has 3 rings (SSSR count). The second-order valence-electron chi connectivity index (χ2n) is 5.61. The van der Waals surface area contributed by atoms with Crippen LogP contribution in [-0.4, -0.2) is 11.7 Å². The van der Waals surface area contributed by atoms with E-state index in [9.17, 15) is 4.79 Å². The van der Waals surface area contributed by atoms with Crippen molar-refractivity contribution in [3.8, 4) is 0 Å². The van der Waals surface area contributed by atoms with Crippen molar-refractivity contribution in [2.24, 2.45) is 0 Å².